The summed E-state index contributed by atoms with van der Waals surface area (Å²) in [5.41, 5.74) is 1.29. The molecule has 2 heteroatoms. The minimum absolute atomic E-state index is 0.0807. The van der Waals surface area contributed by atoms with Gasteiger partial charge in [-0.3, -0.25) is 0 Å². The summed E-state index contributed by atoms with van der Waals surface area (Å²) in [5.74, 6) is 1.04. The van der Waals surface area contributed by atoms with Gasteiger partial charge in [-0.05, 0) is 24.3 Å². The third kappa shape index (κ3) is 7.78. The largest absolute Gasteiger partial charge is 0.380 e. The van der Waals surface area contributed by atoms with Crippen LogP contribution in [0.5, 0.6) is 0 Å². The Kier molecular flexibility index (Phi) is 9.01. The van der Waals surface area contributed by atoms with Crippen molar-refractivity contribution in [3.05, 3.63) is 35.9 Å². The van der Waals surface area contributed by atoms with Gasteiger partial charge in [0.1, 0.15) is 6.29 Å². The molecule has 1 fully saturated rings. The van der Waals surface area contributed by atoms with Gasteiger partial charge in [0.15, 0.2) is 0 Å². The Bertz CT molecular complexity index is 409. The molecular weight excluding hydrogens is 284 g/mol. The Hall–Kier alpha value is -1.15. The van der Waals surface area contributed by atoms with Crippen LogP contribution in [0.2, 0.25) is 0 Å². The Labute approximate surface area is 141 Å². The number of aldehydes is 1. The summed E-state index contributed by atoms with van der Waals surface area (Å²) in [7, 11) is 0. The molecule has 2 rings (SSSR count). The average Bonchev–Trinajstić information content (AvgIpc) is 2.62. The van der Waals surface area contributed by atoms with Crippen molar-refractivity contribution in [2.24, 2.45) is 11.8 Å². The molecule has 0 aliphatic heterocycles. The van der Waals surface area contributed by atoms with Crippen LogP contribution >= 0.6 is 0 Å². The summed E-state index contributed by atoms with van der Waals surface area (Å²) in [5, 5.41) is 0. The zero-order valence-electron chi connectivity index (χ0n) is 14.4. The fourth-order valence-corrected chi connectivity index (χ4v) is 3.58. The fourth-order valence-electron chi connectivity index (χ4n) is 3.58. The summed E-state index contributed by atoms with van der Waals surface area (Å²) >= 11 is 0. The molecule has 0 spiro atoms. The first-order chi connectivity index (χ1) is 11.4. The van der Waals surface area contributed by atoms with Gasteiger partial charge in [0.2, 0.25) is 0 Å². The van der Waals surface area contributed by atoms with E-state index in [-0.39, 0.29) is 5.92 Å². The zero-order chi connectivity index (χ0) is 16.2. The quantitative estimate of drug-likeness (QED) is 0.414. The van der Waals surface area contributed by atoms with Gasteiger partial charge >= 0.3 is 0 Å². The van der Waals surface area contributed by atoms with Crippen LogP contribution in [0.1, 0.15) is 63.4 Å². The number of rotatable bonds is 11. The normalized spacial score (nSPS) is 17.0. The molecular formula is C21H32O2. The molecule has 0 radical (unpaired) electrons. The maximum Gasteiger partial charge on any atom is 0.125 e. The number of benzene rings is 1. The summed E-state index contributed by atoms with van der Waals surface area (Å²) in [6.07, 6.45) is 14.0. The number of carbonyl (C=O) groups excluding carboxylic acids is 1. The highest BCUT2D eigenvalue weighted by Gasteiger charge is 2.13. The van der Waals surface area contributed by atoms with E-state index in [0.717, 1.165) is 25.0 Å². The highest BCUT2D eigenvalue weighted by molar-refractivity contribution is 5.53. The first-order valence-electron chi connectivity index (χ1n) is 9.45. The highest BCUT2D eigenvalue weighted by Crippen LogP contribution is 2.28. The van der Waals surface area contributed by atoms with Gasteiger partial charge in [0.25, 0.3) is 0 Å². The lowest BCUT2D eigenvalue weighted by Gasteiger charge is -2.21. The smallest absolute Gasteiger partial charge is 0.125 e. The summed E-state index contributed by atoms with van der Waals surface area (Å²) in [6, 6.07) is 10.4. The van der Waals surface area contributed by atoms with Crippen molar-refractivity contribution in [3.8, 4) is 0 Å². The van der Waals surface area contributed by atoms with E-state index in [0.29, 0.717) is 13.2 Å². The van der Waals surface area contributed by atoms with E-state index < -0.39 is 0 Å². The minimum atomic E-state index is 0.0807. The van der Waals surface area contributed by atoms with Crippen LogP contribution in [0.4, 0.5) is 0 Å². The standard InChI is InChI=1S/C21H32O2/c22-17-21(14-8-7-13-19-9-3-1-4-10-19)18-23-16-15-20-11-5-2-6-12-20/h2,5-6,11-12,17,19,21H,1,3-4,7-10,13-16,18H2. The van der Waals surface area contributed by atoms with Gasteiger partial charge < -0.3 is 9.53 Å². The van der Waals surface area contributed by atoms with Crippen molar-refractivity contribution in [1.29, 1.82) is 0 Å². The Morgan fingerprint density at radius 1 is 1.09 bits per heavy atom. The van der Waals surface area contributed by atoms with E-state index in [4.69, 9.17) is 4.74 Å². The number of hydrogen-bond acceptors (Lipinski definition) is 2. The third-order valence-electron chi connectivity index (χ3n) is 5.06. The first kappa shape index (κ1) is 18.2. The number of ether oxygens (including phenoxy) is 1. The second-order valence-corrected chi connectivity index (χ2v) is 7.00. The maximum atomic E-state index is 11.2. The summed E-state index contributed by atoms with van der Waals surface area (Å²) in [6.45, 7) is 1.29. The first-order valence-corrected chi connectivity index (χ1v) is 9.45. The Balaban J connectivity index is 1.50. The fraction of sp³-hybridized carbons (Fsp3) is 0.667. The molecule has 128 valence electrons. The molecule has 0 amide bonds. The topological polar surface area (TPSA) is 26.3 Å². The van der Waals surface area contributed by atoms with Gasteiger partial charge in [-0.15, -0.1) is 0 Å². The van der Waals surface area contributed by atoms with E-state index in [9.17, 15) is 4.79 Å². The molecule has 0 aromatic heterocycles. The summed E-state index contributed by atoms with van der Waals surface area (Å²) in [4.78, 5) is 11.2. The van der Waals surface area contributed by atoms with Crippen LogP contribution in [0, 0.1) is 11.8 Å². The van der Waals surface area contributed by atoms with E-state index in [2.05, 4.69) is 24.3 Å². The molecule has 1 atom stereocenters. The molecule has 23 heavy (non-hydrogen) atoms. The zero-order valence-corrected chi connectivity index (χ0v) is 14.4. The van der Waals surface area contributed by atoms with E-state index >= 15 is 0 Å². The lowest BCUT2D eigenvalue weighted by molar-refractivity contribution is -0.113. The summed E-state index contributed by atoms with van der Waals surface area (Å²) < 4.78 is 5.71. The van der Waals surface area contributed by atoms with Crippen LogP contribution in [0.3, 0.4) is 0 Å². The average molecular weight is 316 g/mol. The molecule has 1 unspecified atom stereocenters. The lowest BCUT2D eigenvalue weighted by Crippen LogP contribution is -2.13. The SMILES string of the molecule is O=CC(CCCCC1CCCCC1)COCCc1ccccc1. The van der Waals surface area contributed by atoms with Crippen molar-refractivity contribution >= 4 is 6.29 Å². The molecule has 0 bridgehead atoms. The number of unbranched alkanes of at least 4 members (excludes halogenated alkanes) is 1. The molecule has 1 aromatic carbocycles. The lowest BCUT2D eigenvalue weighted by atomic mass is 9.85. The predicted molar refractivity (Wildman–Crippen MR) is 95.6 cm³/mol. The van der Waals surface area contributed by atoms with E-state index in [1.807, 2.05) is 6.07 Å². The highest BCUT2D eigenvalue weighted by atomic mass is 16.5. The molecule has 1 aromatic rings. The maximum absolute atomic E-state index is 11.2. The minimum Gasteiger partial charge on any atom is -0.380 e. The predicted octanol–water partition coefficient (Wildman–Crippen LogP) is 5.20. The molecule has 2 nitrogen and oxygen atoms in total. The molecule has 1 aliphatic rings. The van der Waals surface area contributed by atoms with Crippen molar-refractivity contribution in [2.45, 2.75) is 64.2 Å². The van der Waals surface area contributed by atoms with Gasteiger partial charge in [-0.2, -0.15) is 0 Å². The van der Waals surface area contributed by atoms with Crippen LogP contribution in [-0.2, 0) is 16.0 Å². The van der Waals surface area contributed by atoms with Crippen molar-refractivity contribution in [1.82, 2.24) is 0 Å². The molecule has 0 heterocycles. The van der Waals surface area contributed by atoms with Crippen LogP contribution in [-0.4, -0.2) is 19.5 Å². The number of hydrogen-bond donors (Lipinski definition) is 0. The second kappa shape index (κ2) is 11.4. The van der Waals surface area contributed by atoms with Crippen LogP contribution < -0.4 is 0 Å². The molecule has 0 N–H and O–H groups in total. The van der Waals surface area contributed by atoms with Gasteiger partial charge in [0, 0.05) is 5.92 Å². The molecule has 1 aliphatic carbocycles. The number of carbonyl (C=O) groups is 1. The second-order valence-electron chi connectivity index (χ2n) is 7.00. The van der Waals surface area contributed by atoms with Crippen molar-refractivity contribution in [2.75, 3.05) is 13.2 Å². The van der Waals surface area contributed by atoms with Crippen molar-refractivity contribution in [3.63, 3.8) is 0 Å². The molecule has 0 saturated heterocycles. The Morgan fingerprint density at radius 3 is 2.61 bits per heavy atom. The van der Waals surface area contributed by atoms with Gasteiger partial charge in [0.05, 0.1) is 13.2 Å². The molecule has 1 saturated carbocycles. The van der Waals surface area contributed by atoms with Crippen LogP contribution in [0.25, 0.3) is 0 Å². The van der Waals surface area contributed by atoms with E-state index in [1.54, 1.807) is 0 Å². The van der Waals surface area contributed by atoms with Gasteiger partial charge in [-0.25, -0.2) is 0 Å². The van der Waals surface area contributed by atoms with Gasteiger partial charge in [-0.1, -0.05) is 81.7 Å². The van der Waals surface area contributed by atoms with Crippen molar-refractivity contribution < 1.29 is 9.53 Å². The van der Waals surface area contributed by atoms with E-state index in [1.165, 1.54) is 56.9 Å². The Morgan fingerprint density at radius 2 is 1.87 bits per heavy atom. The van der Waals surface area contributed by atoms with Crippen LogP contribution in [0.15, 0.2) is 30.3 Å². The monoisotopic (exact) mass is 316 g/mol. The third-order valence-corrected chi connectivity index (χ3v) is 5.06.